The second kappa shape index (κ2) is 6.26. The van der Waals surface area contributed by atoms with Gasteiger partial charge in [-0.05, 0) is 43.4 Å². The lowest BCUT2D eigenvalue weighted by Gasteiger charge is -2.32. The minimum Gasteiger partial charge on any atom is -0.497 e. The lowest BCUT2D eigenvalue weighted by atomic mass is 9.94. The largest absolute Gasteiger partial charge is 0.497 e. The Morgan fingerprint density at radius 3 is 2.79 bits per heavy atom. The molecule has 1 saturated heterocycles. The van der Waals surface area contributed by atoms with Gasteiger partial charge in [-0.25, -0.2) is 4.98 Å². The lowest BCUT2D eigenvalue weighted by molar-refractivity contribution is 0.332. The van der Waals surface area contributed by atoms with Gasteiger partial charge in [0.05, 0.1) is 24.8 Å². The second-order valence-corrected chi connectivity index (χ2v) is 6.33. The number of hydrogen-bond donors (Lipinski definition) is 0. The van der Waals surface area contributed by atoms with Crippen molar-refractivity contribution in [3.8, 4) is 5.75 Å². The van der Waals surface area contributed by atoms with E-state index in [2.05, 4.69) is 9.88 Å². The number of ether oxygens (including phenoxy) is 1. The number of nitrogens with zero attached hydrogens (tertiary/aromatic N) is 4. The van der Waals surface area contributed by atoms with E-state index in [9.17, 15) is 4.39 Å². The Bertz CT molecular complexity index is 855. The first-order valence-corrected chi connectivity index (χ1v) is 8.42. The molecule has 0 amide bonds. The SMILES string of the molecule is COc1ccc2nc3nc(N4CCC(CC[18F])CC4)ccn3c2c1. The van der Waals surface area contributed by atoms with E-state index in [0.29, 0.717) is 18.1 Å². The quantitative estimate of drug-likeness (QED) is 0.736. The first-order valence-electron chi connectivity index (χ1n) is 8.42. The van der Waals surface area contributed by atoms with Crippen molar-refractivity contribution >= 4 is 22.6 Å². The third kappa shape index (κ3) is 2.66. The molecule has 1 aromatic carbocycles. The Morgan fingerprint density at radius 2 is 2.04 bits per heavy atom. The number of anilines is 1. The fraction of sp³-hybridized carbons (Fsp3) is 0.444. The predicted molar refractivity (Wildman–Crippen MR) is 92.6 cm³/mol. The number of alkyl halides is 1. The van der Waals surface area contributed by atoms with Gasteiger partial charge in [0.2, 0.25) is 5.78 Å². The van der Waals surface area contributed by atoms with E-state index in [-0.39, 0.29) is 6.67 Å². The molecule has 2 aromatic heterocycles. The predicted octanol–water partition coefficient (Wildman–Crippen LogP) is 3.47. The van der Waals surface area contributed by atoms with E-state index >= 15 is 0 Å². The zero-order valence-corrected chi connectivity index (χ0v) is 13.8. The summed E-state index contributed by atoms with van der Waals surface area (Å²) in [6.07, 6.45) is 4.77. The van der Waals surface area contributed by atoms with Crippen LogP contribution >= 0.6 is 0 Å². The highest BCUT2D eigenvalue weighted by Gasteiger charge is 2.20. The number of halogens is 1. The monoisotopic (exact) mass is 327 g/mol. The van der Waals surface area contributed by atoms with E-state index < -0.39 is 0 Å². The summed E-state index contributed by atoms with van der Waals surface area (Å²) in [4.78, 5) is 11.6. The van der Waals surface area contributed by atoms with E-state index in [1.807, 2.05) is 34.9 Å². The van der Waals surface area contributed by atoms with Crippen molar-refractivity contribution in [3.63, 3.8) is 0 Å². The summed E-state index contributed by atoms with van der Waals surface area (Å²) in [5.74, 6) is 2.96. The third-order valence-corrected chi connectivity index (χ3v) is 4.92. The molecule has 0 N–H and O–H groups in total. The van der Waals surface area contributed by atoms with Crippen LogP contribution in [0.2, 0.25) is 0 Å². The van der Waals surface area contributed by atoms with Gasteiger partial charge in [0, 0.05) is 25.4 Å². The highest BCUT2D eigenvalue weighted by Crippen LogP contribution is 2.26. The average Bonchev–Trinajstić information content (AvgIpc) is 2.99. The average molecular weight is 327 g/mol. The van der Waals surface area contributed by atoms with Crippen LogP contribution in [0.5, 0.6) is 5.75 Å². The molecule has 5 nitrogen and oxygen atoms in total. The minimum absolute atomic E-state index is 0.209. The van der Waals surface area contributed by atoms with Crippen molar-refractivity contribution in [1.29, 1.82) is 0 Å². The molecule has 0 aliphatic carbocycles. The van der Waals surface area contributed by atoms with Crippen LogP contribution in [-0.4, -0.2) is 41.2 Å². The molecule has 3 aromatic rings. The standard InChI is InChI=1S/C18H21FN4O/c1-24-14-2-3-15-16(12-14)23-11-7-17(21-18(23)20-15)22-9-5-13(4-8-19)6-10-22/h2-3,7,11-13H,4-6,8-10H2,1H3/i19-1. The summed E-state index contributed by atoms with van der Waals surface area (Å²) in [5, 5.41) is 0. The molecule has 3 heterocycles. The van der Waals surface area contributed by atoms with Gasteiger partial charge in [-0.3, -0.25) is 8.79 Å². The van der Waals surface area contributed by atoms with E-state index in [1.54, 1.807) is 7.11 Å². The molecule has 0 bridgehead atoms. The number of rotatable bonds is 4. The Hall–Kier alpha value is -2.37. The Kier molecular flexibility index (Phi) is 3.96. The van der Waals surface area contributed by atoms with Crippen molar-refractivity contribution in [2.24, 2.45) is 5.92 Å². The summed E-state index contributed by atoms with van der Waals surface area (Å²) in [6.45, 7) is 1.66. The number of methoxy groups -OCH3 is 1. The third-order valence-electron chi connectivity index (χ3n) is 4.92. The Balaban J connectivity index is 1.63. The van der Waals surface area contributed by atoms with Gasteiger partial charge in [-0.15, -0.1) is 0 Å². The van der Waals surface area contributed by atoms with Crippen LogP contribution in [0.4, 0.5) is 10.2 Å². The molecule has 1 aliphatic heterocycles. The van der Waals surface area contributed by atoms with Gasteiger partial charge >= 0.3 is 0 Å². The number of piperidine rings is 1. The van der Waals surface area contributed by atoms with Crippen molar-refractivity contribution < 1.29 is 9.13 Å². The van der Waals surface area contributed by atoms with Crippen LogP contribution in [0, 0.1) is 5.92 Å². The van der Waals surface area contributed by atoms with Gasteiger partial charge in [0.25, 0.3) is 0 Å². The van der Waals surface area contributed by atoms with Crippen LogP contribution in [0.25, 0.3) is 16.8 Å². The zero-order chi connectivity index (χ0) is 16.5. The van der Waals surface area contributed by atoms with E-state index in [4.69, 9.17) is 9.72 Å². The van der Waals surface area contributed by atoms with E-state index in [1.165, 1.54) is 0 Å². The molecule has 1 aliphatic rings. The van der Waals surface area contributed by atoms with Gasteiger partial charge in [0.1, 0.15) is 11.6 Å². The Morgan fingerprint density at radius 1 is 1.21 bits per heavy atom. The molecule has 0 spiro atoms. The molecule has 0 saturated carbocycles. The molecule has 0 atom stereocenters. The van der Waals surface area contributed by atoms with Gasteiger partial charge in [0.15, 0.2) is 0 Å². The molecular formula is C18H21FN4O. The van der Waals surface area contributed by atoms with Crippen LogP contribution in [0.3, 0.4) is 0 Å². The highest BCUT2D eigenvalue weighted by molar-refractivity contribution is 5.81. The number of aromatic nitrogens is 3. The highest BCUT2D eigenvalue weighted by atomic mass is 18.2. The number of benzene rings is 1. The Labute approximate surface area is 140 Å². The fourth-order valence-electron chi connectivity index (χ4n) is 3.47. The van der Waals surface area contributed by atoms with Crippen LogP contribution < -0.4 is 9.64 Å². The van der Waals surface area contributed by atoms with Crippen molar-refractivity contribution in [1.82, 2.24) is 14.4 Å². The van der Waals surface area contributed by atoms with Crippen molar-refractivity contribution in [2.75, 3.05) is 31.8 Å². The summed E-state index contributed by atoms with van der Waals surface area (Å²) in [5.41, 5.74) is 1.90. The maximum absolute atomic E-state index is 12.5. The van der Waals surface area contributed by atoms with Crippen LogP contribution in [-0.2, 0) is 0 Å². The number of hydrogen-bond acceptors (Lipinski definition) is 4. The maximum Gasteiger partial charge on any atom is 0.236 e. The summed E-state index contributed by atoms with van der Waals surface area (Å²) in [6, 6.07) is 7.86. The number of fused-ring (bicyclic) bond motifs is 3. The van der Waals surface area contributed by atoms with E-state index in [0.717, 1.165) is 48.5 Å². The topological polar surface area (TPSA) is 42.7 Å². The molecule has 24 heavy (non-hydrogen) atoms. The van der Waals surface area contributed by atoms with Gasteiger partial charge in [-0.2, -0.15) is 4.98 Å². The molecule has 0 unspecified atom stereocenters. The van der Waals surface area contributed by atoms with Crippen molar-refractivity contribution in [2.45, 2.75) is 19.3 Å². The first kappa shape index (κ1) is 15.2. The summed E-state index contributed by atoms with van der Waals surface area (Å²) in [7, 11) is 1.66. The normalized spacial score (nSPS) is 16.2. The smallest absolute Gasteiger partial charge is 0.236 e. The van der Waals surface area contributed by atoms with Crippen LogP contribution in [0.15, 0.2) is 30.5 Å². The summed E-state index contributed by atoms with van der Waals surface area (Å²) >= 11 is 0. The first-order chi connectivity index (χ1) is 11.8. The second-order valence-electron chi connectivity index (χ2n) is 6.33. The molecule has 0 radical (unpaired) electrons. The summed E-state index contributed by atoms with van der Waals surface area (Å²) < 4.78 is 19.8. The van der Waals surface area contributed by atoms with Crippen LogP contribution in [0.1, 0.15) is 19.3 Å². The maximum atomic E-state index is 12.5. The van der Waals surface area contributed by atoms with Gasteiger partial charge in [-0.1, -0.05) is 0 Å². The fourth-order valence-corrected chi connectivity index (χ4v) is 3.47. The minimum atomic E-state index is -0.209. The molecular weight excluding hydrogens is 306 g/mol. The van der Waals surface area contributed by atoms with Crippen molar-refractivity contribution in [3.05, 3.63) is 30.5 Å². The molecule has 126 valence electrons. The zero-order valence-electron chi connectivity index (χ0n) is 13.8. The molecule has 4 rings (SSSR count). The van der Waals surface area contributed by atoms with Gasteiger partial charge < -0.3 is 9.64 Å². The molecule has 1 fully saturated rings. The molecule has 6 heteroatoms. The lowest BCUT2D eigenvalue weighted by Crippen LogP contribution is -2.34. The number of imidazole rings is 1.